The summed E-state index contributed by atoms with van der Waals surface area (Å²) in [7, 11) is 0. The number of aromatic amines is 1. The summed E-state index contributed by atoms with van der Waals surface area (Å²) in [4.78, 5) is 16.5. The summed E-state index contributed by atoms with van der Waals surface area (Å²) in [6.07, 6.45) is 3.84. The first-order valence-electron chi connectivity index (χ1n) is 4.83. The Kier molecular flexibility index (Phi) is 4.49. The van der Waals surface area contributed by atoms with Crippen molar-refractivity contribution in [1.82, 2.24) is 4.98 Å². The molecule has 1 N–H and O–H groups in total. The molecule has 82 valence electrons. The average Bonchev–Trinajstić information content (AvgIpc) is 2.66. The molecule has 0 aliphatic carbocycles. The van der Waals surface area contributed by atoms with Gasteiger partial charge in [-0.3, -0.25) is 0 Å². The fourth-order valence-corrected chi connectivity index (χ4v) is 1.79. The Labute approximate surface area is 93.9 Å². The number of aromatic nitrogens is 1. The van der Waals surface area contributed by atoms with Crippen molar-refractivity contribution in [3.63, 3.8) is 0 Å². The summed E-state index contributed by atoms with van der Waals surface area (Å²) in [5.74, 6) is -0.303. The molecule has 0 saturated heterocycles. The summed E-state index contributed by atoms with van der Waals surface area (Å²) in [6.45, 7) is 6.21. The summed E-state index contributed by atoms with van der Waals surface area (Å²) in [5.41, 5.74) is 0.503. The third-order valence-corrected chi connectivity index (χ3v) is 2.87. The second kappa shape index (κ2) is 5.66. The second-order valence-electron chi connectivity index (χ2n) is 2.97. The second-order valence-corrected chi connectivity index (χ2v) is 4.29. The quantitative estimate of drug-likeness (QED) is 0.632. The van der Waals surface area contributed by atoms with Crippen LogP contribution in [0.1, 0.15) is 31.3 Å². The molecule has 0 aromatic carbocycles. The van der Waals surface area contributed by atoms with Crippen LogP contribution in [0.2, 0.25) is 0 Å². The van der Waals surface area contributed by atoms with Crippen LogP contribution in [0, 0.1) is 0 Å². The lowest BCUT2D eigenvalue weighted by atomic mass is 10.4. The standard InChI is InChI=1S/C11H15NO2S/c1-4-8(3)15-9-6-10(12-7-9)11(13)14-5-2/h4,6-7,12H,5H2,1-3H3/b8-4-. The van der Waals surface area contributed by atoms with Gasteiger partial charge in [-0.1, -0.05) is 17.8 Å². The molecular weight excluding hydrogens is 210 g/mol. The Balaban J connectivity index is 2.68. The van der Waals surface area contributed by atoms with Crippen LogP contribution in [-0.2, 0) is 4.74 Å². The number of esters is 1. The molecule has 1 heterocycles. The number of nitrogens with one attached hydrogen (secondary N) is 1. The molecule has 3 nitrogen and oxygen atoms in total. The fourth-order valence-electron chi connectivity index (χ4n) is 1.00. The lowest BCUT2D eigenvalue weighted by Crippen LogP contribution is -2.04. The Hall–Kier alpha value is -1.16. The number of rotatable bonds is 4. The average molecular weight is 225 g/mol. The first-order chi connectivity index (χ1) is 7.17. The lowest BCUT2D eigenvalue weighted by molar-refractivity contribution is 0.0520. The number of ether oxygens (including phenoxy) is 1. The van der Waals surface area contributed by atoms with Gasteiger partial charge in [0.05, 0.1) is 6.61 Å². The molecule has 0 aliphatic heterocycles. The van der Waals surface area contributed by atoms with Crippen LogP contribution in [0.15, 0.2) is 28.1 Å². The normalized spacial score (nSPS) is 11.5. The van der Waals surface area contributed by atoms with E-state index in [9.17, 15) is 4.79 Å². The predicted octanol–water partition coefficient (Wildman–Crippen LogP) is 3.21. The highest BCUT2D eigenvalue weighted by atomic mass is 32.2. The van der Waals surface area contributed by atoms with Crippen molar-refractivity contribution in [3.8, 4) is 0 Å². The van der Waals surface area contributed by atoms with Gasteiger partial charge in [-0.15, -0.1) is 0 Å². The van der Waals surface area contributed by atoms with Gasteiger partial charge >= 0.3 is 5.97 Å². The minimum absolute atomic E-state index is 0.303. The minimum Gasteiger partial charge on any atom is -0.461 e. The van der Waals surface area contributed by atoms with Crippen molar-refractivity contribution in [2.75, 3.05) is 6.61 Å². The molecule has 0 spiro atoms. The maximum atomic E-state index is 11.3. The molecule has 4 heteroatoms. The Morgan fingerprint density at radius 1 is 1.67 bits per heavy atom. The van der Waals surface area contributed by atoms with Crippen LogP contribution in [0.5, 0.6) is 0 Å². The number of hydrogen-bond donors (Lipinski definition) is 1. The highest BCUT2D eigenvalue weighted by Crippen LogP contribution is 2.26. The van der Waals surface area contributed by atoms with Crippen molar-refractivity contribution < 1.29 is 9.53 Å². The van der Waals surface area contributed by atoms with Crippen molar-refractivity contribution in [3.05, 3.63) is 28.9 Å². The SMILES string of the molecule is C/C=C(/C)Sc1c[nH]c(C(=O)OCC)c1. The van der Waals surface area contributed by atoms with Gasteiger partial charge in [-0.2, -0.15) is 0 Å². The zero-order chi connectivity index (χ0) is 11.3. The fraction of sp³-hybridized carbons (Fsp3) is 0.364. The molecule has 0 bridgehead atoms. The highest BCUT2D eigenvalue weighted by molar-refractivity contribution is 8.03. The van der Waals surface area contributed by atoms with Gasteiger partial charge < -0.3 is 9.72 Å². The molecule has 1 aromatic rings. The van der Waals surface area contributed by atoms with Gasteiger partial charge in [0.1, 0.15) is 5.69 Å². The number of hydrogen-bond acceptors (Lipinski definition) is 3. The first-order valence-corrected chi connectivity index (χ1v) is 5.65. The smallest absolute Gasteiger partial charge is 0.354 e. The van der Waals surface area contributed by atoms with E-state index in [0.717, 1.165) is 4.90 Å². The van der Waals surface area contributed by atoms with Gasteiger partial charge in [0.15, 0.2) is 0 Å². The molecule has 0 unspecified atom stereocenters. The van der Waals surface area contributed by atoms with Crippen molar-refractivity contribution in [2.24, 2.45) is 0 Å². The van der Waals surface area contributed by atoms with Crippen molar-refractivity contribution >= 4 is 17.7 Å². The minimum atomic E-state index is -0.303. The molecule has 0 radical (unpaired) electrons. The summed E-state index contributed by atoms with van der Waals surface area (Å²) >= 11 is 1.62. The van der Waals surface area contributed by atoms with E-state index in [0.29, 0.717) is 12.3 Å². The van der Waals surface area contributed by atoms with E-state index in [1.807, 2.05) is 26.1 Å². The Morgan fingerprint density at radius 3 is 3.00 bits per heavy atom. The third kappa shape index (κ3) is 3.47. The van der Waals surface area contributed by atoms with Gasteiger partial charge in [-0.05, 0) is 31.7 Å². The van der Waals surface area contributed by atoms with E-state index in [1.165, 1.54) is 4.91 Å². The van der Waals surface area contributed by atoms with E-state index < -0.39 is 0 Å². The lowest BCUT2D eigenvalue weighted by Gasteiger charge is -1.97. The topological polar surface area (TPSA) is 42.1 Å². The maximum Gasteiger partial charge on any atom is 0.354 e. The monoisotopic (exact) mass is 225 g/mol. The zero-order valence-electron chi connectivity index (χ0n) is 9.16. The van der Waals surface area contributed by atoms with Crippen LogP contribution in [0.3, 0.4) is 0 Å². The first kappa shape index (κ1) is 11.9. The number of H-pyrrole nitrogens is 1. The number of carbonyl (C=O) groups excluding carboxylic acids is 1. The van der Waals surface area contributed by atoms with Gasteiger partial charge in [0, 0.05) is 11.1 Å². The van der Waals surface area contributed by atoms with E-state index in [2.05, 4.69) is 4.98 Å². The third-order valence-electron chi connectivity index (χ3n) is 1.84. The van der Waals surface area contributed by atoms with Crippen LogP contribution in [-0.4, -0.2) is 17.6 Å². The Bertz CT molecular complexity index is 368. The van der Waals surface area contributed by atoms with E-state index in [-0.39, 0.29) is 5.97 Å². The summed E-state index contributed by atoms with van der Waals surface area (Å²) in [5, 5.41) is 0. The van der Waals surface area contributed by atoms with E-state index in [1.54, 1.807) is 24.8 Å². The predicted molar refractivity (Wildman–Crippen MR) is 62.0 cm³/mol. The molecule has 15 heavy (non-hydrogen) atoms. The van der Waals surface area contributed by atoms with Crippen molar-refractivity contribution in [2.45, 2.75) is 25.7 Å². The van der Waals surface area contributed by atoms with Crippen LogP contribution in [0.4, 0.5) is 0 Å². The number of allylic oxidation sites excluding steroid dienone is 2. The van der Waals surface area contributed by atoms with Gasteiger partial charge in [-0.25, -0.2) is 4.79 Å². The molecule has 1 aromatic heterocycles. The molecule has 0 aliphatic rings. The van der Waals surface area contributed by atoms with Crippen LogP contribution in [0.25, 0.3) is 0 Å². The number of thioether (sulfide) groups is 1. The van der Waals surface area contributed by atoms with Crippen LogP contribution < -0.4 is 0 Å². The highest BCUT2D eigenvalue weighted by Gasteiger charge is 2.09. The van der Waals surface area contributed by atoms with E-state index in [4.69, 9.17) is 4.74 Å². The molecule has 0 fully saturated rings. The summed E-state index contributed by atoms with van der Waals surface area (Å²) in [6, 6.07) is 1.80. The number of carbonyl (C=O) groups is 1. The zero-order valence-corrected chi connectivity index (χ0v) is 9.98. The van der Waals surface area contributed by atoms with E-state index >= 15 is 0 Å². The van der Waals surface area contributed by atoms with Crippen LogP contribution >= 0.6 is 11.8 Å². The van der Waals surface area contributed by atoms with Crippen molar-refractivity contribution in [1.29, 1.82) is 0 Å². The summed E-state index contributed by atoms with van der Waals surface area (Å²) < 4.78 is 4.88. The molecule has 0 atom stereocenters. The maximum absolute atomic E-state index is 11.3. The van der Waals surface area contributed by atoms with Gasteiger partial charge in [0.25, 0.3) is 0 Å². The molecule has 1 rings (SSSR count). The Morgan fingerprint density at radius 2 is 2.40 bits per heavy atom. The van der Waals surface area contributed by atoms with Gasteiger partial charge in [0.2, 0.25) is 0 Å². The molecule has 0 saturated carbocycles. The largest absolute Gasteiger partial charge is 0.461 e. The molecule has 0 amide bonds. The molecular formula is C11H15NO2S.